The first-order chi connectivity index (χ1) is 9.63. The second-order valence-corrected chi connectivity index (χ2v) is 4.23. The minimum atomic E-state index is -0.386. The Balaban J connectivity index is 2.15. The summed E-state index contributed by atoms with van der Waals surface area (Å²) >= 11 is 5.63. The molecule has 0 saturated carbocycles. The van der Waals surface area contributed by atoms with Gasteiger partial charge in [0.25, 0.3) is 5.91 Å². The molecule has 2 aromatic rings. The highest BCUT2D eigenvalue weighted by Crippen LogP contribution is 2.30. The molecule has 0 saturated heterocycles. The van der Waals surface area contributed by atoms with E-state index in [-0.39, 0.29) is 16.9 Å². The van der Waals surface area contributed by atoms with Gasteiger partial charge in [0.2, 0.25) is 0 Å². The van der Waals surface area contributed by atoms with E-state index in [0.29, 0.717) is 23.8 Å². The van der Waals surface area contributed by atoms with Crippen LogP contribution in [0, 0.1) is 0 Å². The van der Waals surface area contributed by atoms with E-state index in [1.165, 1.54) is 19.2 Å². The van der Waals surface area contributed by atoms with Gasteiger partial charge in [0.15, 0.2) is 22.5 Å². The summed E-state index contributed by atoms with van der Waals surface area (Å²) in [5.41, 5.74) is 0.572. The second kappa shape index (κ2) is 6.34. The molecule has 1 amide bonds. The van der Waals surface area contributed by atoms with E-state index in [2.05, 4.69) is 5.32 Å². The van der Waals surface area contributed by atoms with Gasteiger partial charge in [-0.05, 0) is 42.8 Å². The van der Waals surface area contributed by atoms with E-state index in [0.717, 1.165) is 0 Å². The van der Waals surface area contributed by atoms with Crippen molar-refractivity contribution in [2.75, 3.05) is 19.0 Å². The molecule has 2 rings (SSSR count). The van der Waals surface area contributed by atoms with Crippen molar-refractivity contribution in [1.82, 2.24) is 0 Å². The van der Waals surface area contributed by atoms with Gasteiger partial charge in [-0.15, -0.1) is 0 Å². The molecule has 0 aliphatic rings. The van der Waals surface area contributed by atoms with Crippen LogP contribution in [0.15, 0.2) is 34.7 Å². The lowest BCUT2D eigenvalue weighted by molar-refractivity contribution is 0.0996. The number of ether oxygens (including phenoxy) is 2. The molecule has 6 heteroatoms. The molecule has 0 spiro atoms. The van der Waals surface area contributed by atoms with Crippen LogP contribution >= 0.6 is 11.6 Å². The summed E-state index contributed by atoms with van der Waals surface area (Å²) in [5.74, 6) is 0.919. The fraction of sp³-hybridized carbons (Fsp3) is 0.214. The number of carbonyl (C=O) groups excluding carboxylic acids is 1. The highest BCUT2D eigenvalue weighted by atomic mass is 35.5. The van der Waals surface area contributed by atoms with Gasteiger partial charge in [-0.3, -0.25) is 4.79 Å². The van der Waals surface area contributed by atoms with Gasteiger partial charge >= 0.3 is 0 Å². The van der Waals surface area contributed by atoms with Crippen LogP contribution in [0.3, 0.4) is 0 Å². The van der Waals surface area contributed by atoms with Crippen LogP contribution in [-0.4, -0.2) is 19.6 Å². The molecule has 0 atom stereocenters. The third-order valence-corrected chi connectivity index (χ3v) is 2.72. The molecule has 0 unspecified atom stereocenters. The third-order valence-electron chi connectivity index (χ3n) is 2.52. The van der Waals surface area contributed by atoms with Crippen molar-refractivity contribution in [2.24, 2.45) is 0 Å². The molecule has 1 aromatic carbocycles. The van der Waals surface area contributed by atoms with Crippen molar-refractivity contribution in [1.29, 1.82) is 0 Å². The van der Waals surface area contributed by atoms with Crippen molar-refractivity contribution in [3.05, 3.63) is 41.3 Å². The van der Waals surface area contributed by atoms with Gasteiger partial charge in [0, 0.05) is 11.8 Å². The van der Waals surface area contributed by atoms with Crippen LogP contribution in [0.25, 0.3) is 0 Å². The number of anilines is 1. The largest absolute Gasteiger partial charge is 0.493 e. The summed E-state index contributed by atoms with van der Waals surface area (Å²) in [6.45, 7) is 2.42. The Labute approximate surface area is 121 Å². The van der Waals surface area contributed by atoms with Crippen molar-refractivity contribution < 1.29 is 18.7 Å². The smallest absolute Gasteiger partial charge is 0.291 e. The molecular formula is C14H14ClNO4. The molecule has 0 fully saturated rings. The number of hydrogen-bond donors (Lipinski definition) is 1. The van der Waals surface area contributed by atoms with E-state index in [1.807, 2.05) is 6.92 Å². The highest BCUT2D eigenvalue weighted by molar-refractivity contribution is 6.29. The lowest BCUT2D eigenvalue weighted by atomic mass is 10.2. The third kappa shape index (κ3) is 3.24. The quantitative estimate of drug-likeness (QED) is 0.915. The molecule has 5 nitrogen and oxygen atoms in total. The maximum absolute atomic E-state index is 11.9. The molecule has 106 valence electrons. The summed E-state index contributed by atoms with van der Waals surface area (Å²) in [4.78, 5) is 11.9. The molecule has 1 aromatic heterocycles. The topological polar surface area (TPSA) is 60.7 Å². The van der Waals surface area contributed by atoms with E-state index in [1.54, 1.807) is 18.2 Å². The van der Waals surface area contributed by atoms with Gasteiger partial charge in [0.1, 0.15) is 0 Å². The van der Waals surface area contributed by atoms with Crippen molar-refractivity contribution >= 4 is 23.2 Å². The normalized spacial score (nSPS) is 10.2. The predicted octanol–water partition coefficient (Wildman–Crippen LogP) is 3.59. The number of halogens is 1. The average Bonchev–Trinajstić information content (AvgIpc) is 2.87. The van der Waals surface area contributed by atoms with Crippen LogP contribution < -0.4 is 14.8 Å². The Bertz CT molecular complexity index is 609. The Morgan fingerprint density at radius 3 is 2.70 bits per heavy atom. The maximum atomic E-state index is 11.9. The molecule has 0 aliphatic carbocycles. The first-order valence-electron chi connectivity index (χ1n) is 6.01. The van der Waals surface area contributed by atoms with Gasteiger partial charge in [-0.1, -0.05) is 0 Å². The van der Waals surface area contributed by atoms with E-state index in [4.69, 9.17) is 25.5 Å². The van der Waals surface area contributed by atoms with Gasteiger partial charge < -0.3 is 19.2 Å². The summed E-state index contributed by atoms with van der Waals surface area (Å²) in [5, 5.41) is 2.85. The van der Waals surface area contributed by atoms with E-state index < -0.39 is 0 Å². The van der Waals surface area contributed by atoms with Crippen LogP contribution in [0.2, 0.25) is 5.22 Å². The molecule has 20 heavy (non-hydrogen) atoms. The highest BCUT2D eigenvalue weighted by Gasteiger charge is 2.12. The second-order valence-electron chi connectivity index (χ2n) is 3.86. The first-order valence-corrected chi connectivity index (χ1v) is 6.39. The fourth-order valence-corrected chi connectivity index (χ4v) is 1.80. The minimum absolute atomic E-state index is 0.142. The number of hydrogen-bond acceptors (Lipinski definition) is 4. The van der Waals surface area contributed by atoms with Crippen molar-refractivity contribution in [2.45, 2.75) is 6.92 Å². The summed E-state index contributed by atoms with van der Waals surface area (Å²) < 4.78 is 15.6. The summed E-state index contributed by atoms with van der Waals surface area (Å²) in [6, 6.07) is 8.13. The van der Waals surface area contributed by atoms with E-state index in [9.17, 15) is 4.79 Å². The summed E-state index contributed by atoms with van der Waals surface area (Å²) in [6.07, 6.45) is 0. The number of furan rings is 1. The monoisotopic (exact) mass is 295 g/mol. The van der Waals surface area contributed by atoms with Crippen molar-refractivity contribution in [3.8, 4) is 11.5 Å². The molecule has 1 heterocycles. The Morgan fingerprint density at radius 2 is 2.10 bits per heavy atom. The Kier molecular flexibility index (Phi) is 4.53. The molecule has 0 aliphatic heterocycles. The maximum Gasteiger partial charge on any atom is 0.291 e. The first kappa shape index (κ1) is 14.3. The average molecular weight is 296 g/mol. The number of rotatable bonds is 5. The zero-order valence-corrected chi connectivity index (χ0v) is 11.9. The van der Waals surface area contributed by atoms with Gasteiger partial charge in [-0.25, -0.2) is 0 Å². The van der Waals surface area contributed by atoms with Crippen LogP contribution in [0.1, 0.15) is 17.5 Å². The fourth-order valence-electron chi connectivity index (χ4n) is 1.65. The molecular weight excluding hydrogens is 282 g/mol. The van der Waals surface area contributed by atoms with Crippen molar-refractivity contribution in [3.63, 3.8) is 0 Å². The number of benzene rings is 1. The lowest BCUT2D eigenvalue weighted by Crippen LogP contribution is -2.11. The predicted molar refractivity (Wildman–Crippen MR) is 75.8 cm³/mol. The SMILES string of the molecule is CCOc1ccc(NC(=O)c2ccc(Cl)o2)cc1OC. The Morgan fingerprint density at radius 1 is 1.30 bits per heavy atom. The lowest BCUT2D eigenvalue weighted by Gasteiger charge is -2.11. The number of methoxy groups -OCH3 is 1. The molecule has 0 bridgehead atoms. The van der Waals surface area contributed by atoms with Gasteiger partial charge in [0.05, 0.1) is 13.7 Å². The van der Waals surface area contributed by atoms with Crippen LogP contribution in [0.4, 0.5) is 5.69 Å². The zero-order chi connectivity index (χ0) is 14.5. The molecule has 0 radical (unpaired) electrons. The van der Waals surface area contributed by atoms with Crippen LogP contribution in [0.5, 0.6) is 11.5 Å². The number of nitrogens with one attached hydrogen (secondary N) is 1. The van der Waals surface area contributed by atoms with Crippen LogP contribution in [-0.2, 0) is 0 Å². The number of carbonyl (C=O) groups is 1. The minimum Gasteiger partial charge on any atom is -0.493 e. The Hall–Kier alpha value is -2.14. The molecule has 1 N–H and O–H groups in total. The summed E-state index contributed by atoms with van der Waals surface area (Å²) in [7, 11) is 1.54. The standard InChI is InChI=1S/C14H14ClNO4/c1-3-19-10-5-4-9(8-12(10)18-2)16-14(17)11-6-7-13(15)20-11/h4-8H,3H2,1-2H3,(H,16,17). The van der Waals surface area contributed by atoms with E-state index >= 15 is 0 Å². The zero-order valence-electron chi connectivity index (χ0n) is 11.1. The number of amides is 1. The van der Waals surface area contributed by atoms with Gasteiger partial charge in [-0.2, -0.15) is 0 Å².